The number of amides is 2. The molecule has 1 aliphatic heterocycles. The van der Waals surface area contributed by atoms with Crippen molar-refractivity contribution in [2.75, 3.05) is 13.1 Å². The van der Waals surface area contributed by atoms with Crippen LogP contribution in [0.15, 0.2) is 12.1 Å². The summed E-state index contributed by atoms with van der Waals surface area (Å²) in [5.74, 6) is -0.480. The van der Waals surface area contributed by atoms with Gasteiger partial charge in [-0.25, -0.2) is 0 Å². The molecule has 7 heteroatoms. The van der Waals surface area contributed by atoms with Gasteiger partial charge in [-0.15, -0.1) is 10.2 Å². The van der Waals surface area contributed by atoms with E-state index >= 15 is 0 Å². The maximum absolute atomic E-state index is 12.2. The third-order valence-corrected chi connectivity index (χ3v) is 3.45. The molecule has 1 N–H and O–H groups in total. The number of rotatable bonds is 3. The van der Waals surface area contributed by atoms with Crippen molar-refractivity contribution in [2.45, 2.75) is 32.2 Å². The van der Waals surface area contributed by atoms with Gasteiger partial charge in [0, 0.05) is 13.1 Å². The molecular weight excluding hydrogens is 280 g/mol. The van der Waals surface area contributed by atoms with Gasteiger partial charge in [-0.2, -0.15) is 0 Å². The fourth-order valence-corrected chi connectivity index (χ4v) is 2.26. The van der Waals surface area contributed by atoms with Gasteiger partial charge < -0.3 is 10.2 Å². The number of nitrogens with zero attached hydrogens (tertiary/aromatic N) is 3. The second kappa shape index (κ2) is 6.65. The van der Waals surface area contributed by atoms with E-state index in [9.17, 15) is 9.59 Å². The quantitative estimate of drug-likeness (QED) is 0.911. The van der Waals surface area contributed by atoms with Crippen molar-refractivity contribution in [3.63, 3.8) is 0 Å². The minimum Gasteiger partial charge on any atom is -0.341 e. The number of nitrogens with one attached hydrogen (secondary N) is 1. The molecule has 20 heavy (non-hydrogen) atoms. The molecule has 1 aliphatic rings. The summed E-state index contributed by atoms with van der Waals surface area (Å²) in [6.45, 7) is 3.21. The van der Waals surface area contributed by atoms with Crippen LogP contribution in [0.5, 0.6) is 0 Å². The summed E-state index contributed by atoms with van der Waals surface area (Å²) in [6.07, 6.45) is 3.20. The second-order valence-electron chi connectivity index (χ2n) is 4.82. The van der Waals surface area contributed by atoms with E-state index < -0.39 is 11.9 Å². The highest BCUT2D eigenvalue weighted by Crippen LogP contribution is 2.10. The van der Waals surface area contributed by atoms with Crippen LogP contribution in [0.25, 0.3) is 0 Å². The van der Waals surface area contributed by atoms with Gasteiger partial charge in [0.2, 0.25) is 5.91 Å². The Labute approximate surface area is 122 Å². The molecule has 0 saturated carbocycles. The second-order valence-corrected chi connectivity index (χ2v) is 5.21. The highest BCUT2D eigenvalue weighted by molar-refractivity contribution is 6.29. The molecule has 1 unspecified atom stereocenters. The molecule has 0 spiro atoms. The van der Waals surface area contributed by atoms with Crippen molar-refractivity contribution in [1.82, 2.24) is 20.4 Å². The molecule has 6 nitrogen and oxygen atoms in total. The molecule has 2 rings (SSSR count). The van der Waals surface area contributed by atoms with Crippen LogP contribution >= 0.6 is 11.6 Å². The first-order chi connectivity index (χ1) is 9.58. The first kappa shape index (κ1) is 14.7. The van der Waals surface area contributed by atoms with E-state index in [0.29, 0.717) is 0 Å². The number of halogens is 1. The SMILES string of the molecule is CC(NC(=O)c1ccc(Cl)nn1)C(=O)N1CCCCC1. The molecule has 0 bridgehead atoms. The zero-order valence-electron chi connectivity index (χ0n) is 11.3. The van der Waals surface area contributed by atoms with Gasteiger partial charge in [0.05, 0.1) is 0 Å². The van der Waals surface area contributed by atoms with E-state index in [1.165, 1.54) is 12.1 Å². The first-order valence-electron chi connectivity index (χ1n) is 6.67. The first-order valence-corrected chi connectivity index (χ1v) is 7.04. The Morgan fingerprint density at radius 2 is 1.95 bits per heavy atom. The Balaban J connectivity index is 1.92. The highest BCUT2D eigenvalue weighted by atomic mass is 35.5. The highest BCUT2D eigenvalue weighted by Gasteiger charge is 2.24. The molecule has 1 saturated heterocycles. The smallest absolute Gasteiger partial charge is 0.272 e. The minimum atomic E-state index is -0.571. The predicted molar refractivity (Wildman–Crippen MR) is 74.4 cm³/mol. The van der Waals surface area contributed by atoms with Crippen molar-refractivity contribution in [3.8, 4) is 0 Å². The largest absolute Gasteiger partial charge is 0.341 e. The van der Waals surface area contributed by atoms with Crippen LogP contribution in [0.3, 0.4) is 0 Å². The average molecular weight is 297 g/mol. The molecule has 108 valence electrons. The van der Waals surface area contributed by atoms with E-state index in [0.717, 1.165) is 32.4 Å². The summed E-state index contributed by atoms with van der Waals surface area (Å²) in [5, 5.41) is 10.1. The molecule has 2 heterocycles. The zero-order chi connectivity index (χ0) is 14.5. The lowest BCUT2D eigenvalue weighted by Crippen LogP contribution is -2.48. The average Bonchev–Trinajstić information content (AvgIpc) is 2.48. The van der Waals surface area contributed by atoms with Crippen LogP contribution < -0.4 is 5.32 Å². The zero-order valence-corrected chi connectivity index (χ0v) is 12.1. The number of carbonyl (C=O) groups is 2. The summed E-state index contributed by atoms with van der Waals surface area (Å²) in [7, 11) is 0. The lowest BCUT2D eigenvalue weighted by atomic mass is 10.1. The van der Waals surface area contributed by atoms with Gasteiger partial charge in [0.25, 0.3) is 5.91 Å². The van der Waals surface area contributed by atoms with E-state index in [2.05, 4.69) is 15.5 Å². The van der Waals surface area contributed by atoms with Gasteiger partial charge >= 0.3 is 0 Å². The topological polar surface area (TPSA) is 75.2 Å². The third kappa shape index (κ3) is 3.66. The van der Waals surface area contributed by atoms with Crippen LogP contribution in [0, 0.1) is 0 Å². The fraction of sp³-hybridized carbons (Fsp3) is 0.538. The molecule has 0 radical (unpaired) electrons. The molecule has 1 atom stereocenters. The Morgan fingerprint density at radius 1 is 1.25 bits per heavy atom. The fourth-order valence-electron chi connectivity index (χ4n) is 2.16. The van der Waals surface area contributed by atoms with E-state index in [1.807, 2.05) is 0 Å². The van der Waals surface area contributed by atoms with E-state index in [1.54, 1.807) is 11.8 Å². The van der Waals surface area contributed by atoms with Gasteiger partial charge in [-0.1, -0.05) is 11.6 Å². The van der Waals surface area contributed by atoms with Crippen LogP contribution in [0.1, 0.15) is 36.7 Å². The number of hydrogen-bond acceptors (Lipinski definition) is 4. The summed E-state index contributed by atoms with van der Waals surface area (Å²) < 4.78 is 0. The Morgan fingerprint density at radius 3 is 2.55 bits per heavy atom. The van der Waals surface area contributed by atoms with Crippen molar-refractivity contribution in [3.05, 3.63) is 23.0 Å². The summed E-state index contributed by atoms with van der Waals surface area (Å²) >= 11 is 5.61. The van der Waals surface area contributed by atoms with Crippen LogP contribution in [0.2, 0.25) is 5.15 Å². The number of likely N-dealkylation sites (tertiary alicyclic amines) is 1. The van der Waals surface area contributed by atoms with Crippen LogP contribution in [0.4, 0.5) is 0 Å². The Kier molecular flexibility index (Phi) is 4.89. The van der Waals surface area contributed by atoms with Crippen molar-refractivity contribution in [2.24, 2.45) is 0 Å². The number of aromatic nitrogens is 2. The lowest BCUT2D eigenvalue weighted by molar-refractivity contribution is -0.133. The summed E-state index contributed by atoms with van der Waals surface area (Å²) in [5.41, 5.74) is 0.146. The molecule has 0 aromatic carbocycles. The monoisotopic (exact) mass is 296 g/mol. The minimum absolute atomic E-state index is 0.0556. The van der Waals surface area contributed by atoms with E-state index in [4.69, 9.17) is 11.6 Å². The molecule has 1 aromatic heterocycles. The Bertz CT molecular complexity index is 486. The number of hydrogen-bond donors (Lipinski definition) is 1. The van der Waals surface area contributed by atoms with Crippen molar-refractivity contribution < 1.29 is 9.59 Å². The number of carbonyl (C=O) groups excluding carboxylic acids is 2. The lowest BCUT2D eigenvalue weighted by Gasteiger charge is -2.29. The van der Waals surface area contributed by atoms with Crippen molar-refractivity contribution in [1.29, 1.82) is 0 Å². The maximum Gasteiger partial charge on any atom is 0.272 e. The van der Waals surface area contributed by atoms with Gasteiger partial charge in [-0.3, -0.25) is 9.59 Å². The standard InChI is InChI=1S/C13H17ClN4O2/c1-9(13(20)18-7-3-2-4-8-18)15-12(19)10-5-6-11(14)17-16-10/h5-6,9H,2-4,7-8H2,1H3,(H,15,19). The van der Waals surface area contributed by atoms with Crippen LogP contribution in [-0.2, 0) is 4.79 Å². The summed E-state index contributed by atoms with van der Waals surface area (Å²) in [4.78, 5) is 25.9. The third-order valence-electron chi connectivity index (χ3n) is 3.25. The summed E-state index contributed by atoms with van der Waals surface area (Å²) in [6, 6.07) is 2.39. The predicted octanol–water partition coefficient (Wildman–Crippen LogP) is 1.26. The molecule has 2 amide bonds. The molecule has 1 fully saturated rings. The molecule has 1 aromatic rings. The van der Waals surface area contributed by atoms with E-state index in [-0.39, 0.29) is 16.8 Å². The van der Waals surface area contributed by atoms with Gasteiger partial charge in [0.15, 0.2) is 10.8 Å². The molecular formula is C13H17ClN4O2. The van der Waals surface area contributed by atoms with Crippen LogP contribution in [-0.4, -0.2) is 46.0 Å². The van der Waals surface area contributed by atoms with Gasteiger partial charge in [-0.05, 0) is 38.3 Å². The molecule has 0 aliphatic carbocycles. The number of piperidine rings is 1. The normalized spacial score (nSPS) is 16.6. The van der Waals surface area contributed by atoms with Gasteiger partial charge in [0.1, 0.15) is 6.04 Å². The maximum atomic E-state index is 12.2. The van der Waals surface area contributed by atoms with Crippen molar-refractivity contribution >= 4 is 23.4 Å². The Hall–Kier alpha value is -1.69.